The summed E-state index contributed by atoms with van der Waals surface area (Å²) in [4.78, 5) is 70.1. The first-order valence-corrected chi connectivity index (χ1v) is 9.64. The lowest BCUT2D eigenvalue weighted by molar-refractivity contribution is -0.159. The van der Waals surface area contributed by atoms with Crippen molar-refractivity contribution in [2.45, 2.75) is 0 Å². The second kappa shape index (κ2) is 13.1. The number of hydrogen-bond acceptors (Lipinski definition) is 10. The average molecular weight is 490 g/mol. The van der Waals surface area contributed by atoms with E-state index in [0.29, 0.717) is 0 Å². The zero-order chi connectivity index (χ0) is 26.6. The van der Waals surface area contributed by atoms with Crippen molar-refractivity contribution in [3.8, 4) is 0 Å². The SMILES string of the molecule is C=CC(=O)OCC(COC(=O)C=C)(COC(=O)C=C)COC(=O)c1ccc(C(=O)O)cc1C(=O)O. The highest BCUT2D eigenvalue weighted by Gasteiger charge is 2.38. The van der Waals surface area contributed by atoms with E-state index >= 15 is 0 Å². The van der Waals surface area contributed by atoms with Crippen molar-refractivity contribution in [2.24, 2.45) is 5.41 Å². The van der Waals surface area contributed by atoms with Gasteiger partial charge in [0.25, 0.3) is 0 Å². The van der Waals surface area contributed by atoms with E-state index < -0.39 is 78.8 Å². The summed E-state index contributed by atoms with van der Waals surface area (Å²) in [5.41, 5.74) is -3.13. The van der Waals surface area contributed by atoms with Gasteiger partial charge in [-0.1, -0.05) is 19.7 Å². The smallest absolute Gasteiger partial charge is 0.339 e. The highest BCUT2D eigenvalue weighted by Crippen LogP contribution is 2.23. The Balaban J connectivity index is 3.29. The molecule has 2 N–H and O–H groups in total. The van der Waals surface area contributed by atoms with Gasteiger partial charge in [0, 0.05) is 18.2 Å². The number of ether oxygens (including phenoxy) is 4. The minimum atomic E-state index is -1.63. The fourth-order valence-corrected chi connectivity index (χ4v) is 2.43. The summed E-state index contributed by atoms with van der Waals surface area (Å²) in [5.74, 6) is -6.85. The number of carbonyl (C=O) groups excluding carboxylic acids is 4. The molecule has 0 fully saturated rings. The lowest BCUT2D eigenvalue weighted by Gasteiger charge is -2.31. The summed E-state index contributed by atoms with van der Waals surface area (Å²) >= 11 is 0. The highest BCUT2D eigenvalue weighted by molar-refractivity contribution is 6.04. The van der Waals surface area contributed by atoms with E-state index in [0.717, 1.165) is 36.4 Å². The van der Waals surface area contributed by atoms with Crippen LogP contribution in [0.4, 0.5) is 0 Å². The van der Waals surface area contributed by atoms with E-state index in [2.05, 4.69) is 19.7 Å². The Hall–Kier alpha value is -4.74. The fourth-order valence-electron chi connectivity index (χ4n) is 2.43. The van der Waals surface area contributed by atoms with Crippen molar-refractivity contribution in [3.63, 3.8) is 0 Å². The van der Waals surface area contributed by atoms with Gasteiger partial charge in [-0.05, 0) is 18.2 Å². The Morgan fingerprint density at radius 2 is 1.11 bits per heavy atom. The van der Waals surface area contributed by atoms with E-state index in [1.54, 1.807) is 0 Å². The van der Waals surface area contributed by atoms with Gasteiger partial charge in [0.05, 0.1) is 16.7 Å². The molecule has 0 aliphatic heterocycles. The van der Waals surface area contributed by atoms with Crippen molar-refractivity contribution in [2.75, 3.05) is 26.4 Å². The van der Waals surface area contributed by atoms with Crippen LogP contribution < -0.4 is 0 Å². The number of carboxylic acids is 2. The number of esters is 4. The molecular formula is C23H22O12. The molecule has 0 aliphatic carbocycles. The summed E-state index contributed by atoms with van der Waals surface area (Å²) in [6, 6.07) is 2.73. The van der Waals surface area contributed by atoms with Gasteiger partial charge in [-0.2, -0.15) is 0 Å². The third kappa shape index (κ3) is 8.61. The predicted molar refractivity (Wildman–Crippen MR) is 117 cm³/mol. The van der Waals surface area contributed by atoms with Crippen LogP contribution in [0.25, 0.3) is 0 Å². The van der Waals surface area contributed by atoms with Crippen LogP contribution in [-0.2, 0) is 33.3 Å². The second-order valence-corrected chi connectivity index (χ2v) is 6.88. The van der Waals surface area contributed by atoms with Gasteiger partial charge < -0.3 is 29.2 Å². The molecule has 35 heavy (non-hydrogen) atoms. The van der Waals surface area contributed by atoms with E-state index in [9.17, 15) is 33.9 Å². The quantitative estimate of drug-likeness (QED) is 0.218. The minimum Gasteiger partial charge on any atom is -0.478 e. The molecule has 12 nitrogen and oxygen atoms in total. The maximum Gasteiger partial charge on any atom is 0.339 e. The summed E-state index contributed by atoms with van der Waals surface area (Å²) in [6.45, 7) is 7.30. The third-order valence-corrected chi connectivity index (χ3v) is 4.29. The molecule has 0 heterocycles. The minimum absolute atomic E-state index is 0.377. The zero-order valence-corrected chi connectivity index (χ0v) is 18.4. The van der Waals surface area contributed by atoms with Gasteiger partial charge in [0.15, 0.2) is 0 Å². The molecule has 0 aromatic heterocycles. The summed E-state index contributed by atoms with van der Waals surface area (Å²) in [5, 5.41) is 18.4. The molecule has 0 amide bonds. The van der Waals surface area contributed by atoms with Gasteiger partial charge in [0.1, 0.15) is 31.8 Å². The Labute approximate surface area is 199 Å². The predicted octanol–water partition coefficient (Wildman–Crippen LogP) is 1.41. The maximum atomic E-state index is 12.7. The molecule has 186 valence electrons. The van der Waals surface area contributed by atoms with Crippen LogP contribution in [0.3, 0.4) is 0 Å². The molecule has 0 bridgehead atoms. The Bertz CT molecular complexity index is 993. The lowest BCUT2D eigenvalue weighted by Crippen LogP contribution is -2.43. The molecule has 12 heteroatoms. The molecule has 0 atom stereocenters. The average Bonchev–Trinajstić information content (AvgIpc) is 2.86. The molecule has 0 unspecified atom stereocenters. The van der Waals surface area contributed by atoms with Crippen LogP contribution in [0.2, 0.25) is 0 Å². The standard InChI is InChI=1S/C23H22O12/c1-4-17(24)32-10-23(11-33-18(25)5-2,12-34-19(26)6-3)13-35-22(31)15-8-7-14(20(27)28)9-16(15)21(29)30/h4-9H,1-3,10-13H2,(H,27,28)(H,29,30). The monoisotopic (exact) mass is 490 g/mol. The van der Waals surface area contributed by atoms with E-state index in [-0.39, 0.29) is 5.56 Å². The molecule has 1 rings (SSSR count). The molecule has 0 saturated carbocycles. The zero-order valence-electron chi connectivity index (χ0n) is 18.4. The number of benzene rings is 1. The van der Waals surface area contributed by atoms with Crippen LogP contribution >= 0.6 is 0 Å². The Morgan fingerprint density at radius 3 is 1.49 bits per heavy atom. The molecule has 0 aliphatic rings. The number of aromatic carboxylic acids is 2. The van der Waals surface area contributed by atoms with E-state index in [1.165, 1.54) is 0 Å². The number of carbonyl (C=O) groups is 6. The molecule has 0 radical (unpaired) electrons. The molecule has 1 aromatic rings. The molecule has 0 saturated heterocycles. The highest BCUT2D eigenvalue weighted by atomic mass is 16.6. The van der Waals surface area contributed by atoms with Crippen LogP contribution in [0, 0.1) is 5.41 Å². The van der Waals surface area contributed by atoms with Crippen LogP contribution in [0.1, 0.15) is 31.1 Å². The van der Waals surface area contributed by atoms with Gasteiger partial charge in [-0.3, -0.25) is 0 Å². The van der Waals surface area contributed by atoms with Crippen LogP contribution in [0.5, 0.6) is 0 Å². The molecule has 1 aromatic carbocycles. The summed E-state index contributed by atoms with van der Waals surface area (Å²) < 4.78 is 20.1. The summed E-state index contributed by atoms with van der Waals surface area (Å²) in [6.07, 6.45) is 2.52. The number of rotatable bonds is 14. The largest absolute Gasteiger partial charge is 0.478 e. The molecule has 0 spiro atoms. The van der Waals surface area contributed by atoms with Crippen molar-refractivity contribution in [3.05, 3.63) is 72.9 Å². The Morgan fingerprint density at radius 1 is 0.686 bits per heavy atom. The van der Waals surface area contributed by atoms with Crippen molar-refractivity contribution in [1.82, 2.24) is 0 Å². The first-order valence-electron chi connectivity index (χ1n) is 9.64. The van der Waals surface area contributed by atoms with Gasteiger partial charge in [0.2, 0.25) is 0 Å². The van der Waals surface area contributed by atoms with Gasteiger partial charge in [-0.15, -0.1) is 0 Å². The van der Waals surface area contributed by atoms with Gasteiger partial charge in [-0.25, -0.2) is 28.8 Å². The van der Waals surface area contributed by atoms with Crippen LogP contribution in [0.15, 0.2) is 56.2 Å². The van der Waals surface area contributed by atoms with Crippen LogP contribution in [-0.4, -0.2) is 72.5 Å². The number of carboxylic acid groups (broad SMARTS) is 2. The Kier molecular flexibility index (Phi) is 10.6. The normalized spacial score (nSPS) is 10.3. The summed E-state index contributed by atoms with van der Waals surface area (Å²) in [7, 11) is 0. The third-order valence-electron chi connectivity index (χ3n) is 4.29. The van der Waals surface area contributed by atoms with E-state index in [4.69, 9.17) is 24.1 Å². The topological polar surface area (TPSA) is 180 Å². The number of hydrogen-bond donors (Lipinski definition) is 2. The lowest BCUT2D eigenvalue weighted by atomic mass is 9.92. The van der Waals surface area contributed by atoms with Crippen molar-refractivity contribution < 1.29 is 57.9 Å². The molecular weight excluding hydrogens is 468 g/mol. The maximum absolute atomic E-state index is 12.7. The fraction of sp³-hybridized carbons (Fsp3) is 0.217. The van der Waals surface area contributed by atoms with E-state index in [1.807, 2.05) is 0 Å². The second-order valence-electron chi connectivity index (χ2n) is 6.88. The van der Waals surface area contributed by atoms with Gasteiger partial charge >= 0.3 is 35.8 Å². The van der Waals surface area contributed by atoms with Crippen molar-refractivity contribution >= 4 is 35.8 Å². The van der Waals surface area contributed by atoms with Crippen molar-refractivity contribution in [1.29, 1.82) is 0 Å². The first kappa shape index (κ1) is 28.3. The first-order chi connectivity index (χ1) is 16.5.